The highest BCUT2D eigenvalue weighted by Crippen LogP contribution is 2.26. The Hall–Kier alpha value is -5.74. The van der Waals surface area contributed by atoms with Crippen LogP contribution in [-0.4, -0.2) is 53.6 Å². The number of nitrogens with zero attached hydrogens (tertiary/aromatic N) is 1. The van der Waals surface area contributed by atoms with E-state index >= 15 is 0 Å². The smallest absolute Gasteiger partial charge is 0.475 e. The zero-order chi connectivity index (χ0) is 35.9. The van der Waals surface area contributed by atoms with Crippen LogP contribution in [0.25, 0.3) is 0 Å². The highest BCUT2D eigenvalue weighted by Gasteiger charge is 2.38. The van der Waals surface area contributed by atoms with Gasteiger partial charge in [0, 0.05) is 19.6 Å². The van der Waals surface area contributed by atoms with Gasteiger partial charge in [0.2, 0.25) is 11.8 Å². The Morgan fingerprint density at radius 3 is 1.56 bits per heavy atom. The van der Waals surface area contributed by atoms with E-state index in [4.69, 9.17) is 27.1 Å². The third-order valence-electron chi connectivity index (χ3n) is 6.45. The Labute approximate surface area is 271 Å². The second kappa shape index (κ2) is 18.4. The molecular weight excluding hydrogens is 645 g/mol. The van der Waals surface area contributed by atoms with E-state index in [1.165, 1.54) is 48.5 Å². The first kappa shape index (κ1) is 38.4. The number of nitrogens with two attached hydrogens (primary N) is 3. The number of aliphatic imine (C=N–C) groups is 1. The van der Waals surface area contributed by atoms with Gasteiger partial charge in [-0.15, -0.1) is 0 Å². The maximum Gasteiger partial charge on any atom is 0.490 e. The first-order valence-corrected chi connectivity index (χ1v) is 14.1. The lowest BCUT2D eigenvalue weighted by Crippen LogP contribution is -2.48. The third-order valence-corrected chi connectivity index (χ3v) is 6.45. The molecule has 0 bridgehead atoms. The number of carboxylic acids is 1. The number of hydrogen-bond acceptors (Lipinski definition) is 5. The van der Waals surface area contributed by atoms with Gasteiger partial charge in [0.15, 0.2) is 5.96 Å². The lowest BCUT2D eigenvalue weighted by atomic mass is 9.90. The van der Waals surface area contributed by atoms with Crippen LogP contribution in [0, 0.1) is 11.6 Å². The summed E-state index contributed by atoms with van der Waals surface area (Å²) in [5, 5.41) is 15.3. The molecule has 0 unspecified atom stereocenters. The van der Waals surface area contributed by atoms with Crippen molar-refractivity contribution in [2.24, 2.45) is 22.2 Å². The summed E-state index contributed by atoms with van der Waals surface area (Å²) in [6.45, 7) is 0.708. The summed E-state index contributed by atoms with van der Waals surface area (Å²) >= 11 is 0. The molecule has 0 aromatic heterocycles. The normalized spacial score (nSPS) is 11.4. The highest BCUT2D eigenvalue weighted by molar-refractivity contribution is 5.92. The highest BCUT2D eigenvalue weighted by atomic mass is 19.4. The molecule has 48 heavy (non-hydrogen) atoms. The Morgan fingerprint density at radius 1 is 0.729 bits per heavy atom. The molecule has 258 valence electrons. The van der Waals surface area contributed by atoms with E-state index < -0.39 is 53.6 Å². The lowest BCUT2D eigenvalue weighted by molar-refractivity contribution is -0.192. The van der Waals surface area contributed by atoms with Gasteiger partial charge in [0.25, 0.3) is 0 Å². The number of hydrogen-bond donors (Lipinski definition) is 7. The Bertz CT molecular complexity index is 1500. The number of urea groups is 1. The quantitative estimate of drug-likeness (QED) is 0.0620. The molecule has 0 aliphatic heterocycles. The van der Waals surface area contributed by atoms with Crippen molar-refractivity contribution in [1.82, 2.24) is 16.0 Å². The molecule has 12 nitrogen and oxygen atoms in total. The molecule has 17 heteroatoms. The van der Waals surface area contributed by atoms with Gasteiger partial charge in [-0.2, -0.15) is 13.2 Å². The van der Waals surface area contributed by atoms with Crippen molar-refractivity contribution in [2.45, 2.75) is 44.1 Å². The monoisotopic (exact) mass is 679 g/mol. The topological polar surface area (TPSA) is 215 Å². The molecule has 0 aliphatic rings. The second-order valence-electron chi connectivity index (χ2n) is 10.1. The van der Waals surface area contributed by atoms with Crippen LogP contribution in [0.1, 0.15) is 41.0 Å². The number of nitrogens with one attached hydrogen (secondary N) is 3. The van der Waals surface area contributed by atoms with Crippen molar-refractivity contribution in [3.05, 3.63) is 107 Å². The van der Waals surface area contributed by atoms with E-state index in [0.29, 0.717) is 17.5 Å². The number of carbonyl (C=O) groups excluding carboxylic acids is 3. The summed E-state index contributed by atoms with van der Waals surface area (Å²) in [5.41, 5.74) is 18.5. The van der Waals surface area contributed by atoms with Crippen LogP contribution in [0.4, 0.5) is 26.7 Å². The fourth-order valence-corrected chi connectivity index (χ4v) is 4.11. The van der Waals surface area contributed by atoms with E-state index in [-0.39, 0.29) is 32.0 Å². The molecule has 3 rings (SSSR count). The zero-order valence-corrected chi connectivity index (χ0v) is 25.3. The Balaban J connectivity index is 0.00000103. The lowest BCUT2D eigenvalue weighted by Gasteiger charge is -2.23. The number of amides is 4. The predicted molar refractivity (Wildman–Crippen MR) is 165 cm³/mol. The number of carboxylic acid groups (broad SMARTS) is 1. The van der Waals surface area contributed by atoms with E-state index in [9.17, 15) is 36.3 Å². The zero-order valence-electron chi connectivity index (χ0n) is 25.3. The first-order chi connectivity index (χ1) is 22.6. The summed E-state index contributed by atoms with van der Waals surface area (Å²) < 4.78 is 59.0. The minimum Gasteiger partial charge on any atom is -0.475 e. The maximum absolute atomic E-state index is 13.6. The van der Waals surface area contributed by atoms with Crippen molar-refractivity contribution < 1.29 is 46.2 Å². The second-order valence-corrected chi connectivity index (χ2v) is 10.1. The fraction of sp³-hybridized carbons (Fsp3) is 0.258. The number of benzene rings is 3. The average Bonchev–Trinajstić information content (AvgIpc) is 3.02. The molecule has 0 fully saturated rings. The summed E-state index contributed by atoms with van der Waals surface area (Å²) in [4.78, 5) is 50.6. The van der Waals surface area contributed by atoms with E-state index in [1.807, 2.05) is 0 Å². The molecule has 0 aliphatic carbocycles. The molecule has 3 aromatic carbocycles. The van der Waals surface area contributed by atoms with Gasteiger partial charge in [0.1, 0.15) is 17.7 Å². The minimum atomic E-state index is -5.08. The molecule has 0 heterocycles. The number of carbonyl (C=O) groups is 4. The summed E-state index contributed by atoms with van der Waals surface area (Å²) in [7, 11) is 0. The molecule has 4 amide bonds. The number of halogens is 5. The number of primary amides is 1. The molecule has 0 saturated heterocycles. The van der Waals surface area contributed by atoms with Crippen LogP contribution in [0.2, 0.25) is 0 Å². The fourth-order valence-electron chi connectivity index (χ4n) is 4.11. The molecule has 0 radical (unpaired) electrons. The van der Waals surface area contributed by atoms with Crippen molar-refractivity contribution in [3.8, 4) is 0 Å². The van der Waals surface area contributed by atoms with E-state index in [1.54, 1.807) is 24.3 Å². The number of alkyl halides is 3. The van der Waals surface area contributed by atoms with Crippen LogP contribution >= 0.6 is 0 Å². The van der Waals surface area contributed by atoms with Crippen LogP contribution in [-0.2, 0) is 27.5 Å². The van der Waals surface area contributed by atoms with Gasteiger partial charge in [0.05, 0.1) is 5.92 Å². The molecule has 1 atom stereocenters. The molecule has 0 spiro atoms. The van der Waals surface area contributed by atoms with Crippen LogP contribution in [0.3, 0.4) is 0 Å². The van der Waals surface area contributed by atoms with Crippen LogP contribution in [0.5, 0.6) is 0 Å². The van der Waals surface area contributed by atoms with Gasteiger partial charge in [-0.3, -0.25) is 14.6 Å². The predicted octanol–water partition coefficient (Wildman–Crippen LogP) is 2.75. The van der Waals surface area contributed by atoms with Crippen molar-refractivity contribution in [1.29, 1.82) is 0 Å². The number of guanidine groups is 1. The minimum absolute atomic E-state index is 0.0859. The standard InChI is InChI=1S/C29H33F2N7O3.C2HF3O2/c30-22-11-7-20(8-12-22)25(21-9-13-23(31)14-10-21)27(40)38-24(2-1-15-35-28(32)33)26(39)36-16-18-3-5-19(6-4-18)17-37-29(34)41;3-2(4,5)1(6)7/h3-14,24-25H,1-2,15-17H2,(H,36,39)(H,38,40)(H4,32,33,35)(H3,34,37,41);(H,6,7)/t24-;/m1./s1. The van der Waals surface area contributed by atoms with Crippen LogP contribution in [0.15, 0.2) is 77.8 Å². The van der Waals surface area contributed by atoms with Crippen molar-refractivity contribution in [3.63, 3.8) is 0 Å². The number of aliphatic carboxylic acids is 1. The summed E-state index contributed by atoms with van der Waals surface area (Å²) in [5.74, 6) is -5.66. The van der Waals surface area contributed by atoms with Crippen molar-refractivity contribution in [2.75, 3.05) is 6.54 Å². The number of rotatable bonds is 13. The Morgan fingerprint density at radius 2 is 1.17 bits per heavy atom. The van der Waals surface area contributed by atoms with E-state index in [2.05, 4.69) is 20.9 Å². The largest absolute Gasteiger partial charge is 0.490 e. The summed E-state index contributed by atoms with van der Waals surface area (Å²) in [6, 6.07) is 16.4. The molecular formula is C31H34F5N7O5. The molecule has 0 saturated carbocycles. The average molecular weight is 680 g/mol. The van der Waals surface area contributed by atoms with Gasteiger partial charge >= 0.3 is 18.2 Å². The first-order valence-electron chi connectivity index (χ1n) is 14.1. The van der Waals surface area contributed by atoms with Gasteiger partial charge in [-0.25, -0.2) is 18.4 Å². The van der Waals surface area contributed by atoms with Gasteiger partial charge in [-0.1, -0.05) is 48.5 Å². The van der Waals surface area contributed by atoms with Gasteiger partial charge < -0.3 is 38.3 Å². The van der Waals surface area contributed by atoms with E-state index in [0.717, 1.165) is 11.1 Å². The maximum atomic E-state index is 13.6. The summed E-state index contributed by atoms with van der Waals surface area (Å²) in [6.07, 6.45) is -4.46. The van der Waals surface area contributed by atoms with Crippen LogP contribution < -0.4 is 33.2 Å². The third kappa shape index (κ3) is 13.7. The molecule has 10 N–H and O–H groups in total. The van der Waals surface area contributed by atoms with Crippen molar-refractivity contribution >= 4 is 29.8 Å². The molecule has 3 aromatic rings. The van der Waals surface area contributed by atoms with Gasteiger partial charge in [-0.05, 0) is 59.4 Å². The Kier molecular flexibility index (Phi) is 14.8. The SMILES string of the molecule is NC(=O)NCc1ccc(CNC(=O)[C@@H](CCCN=C(N)N)NC(=O)C(c2ccc(F)cc2)c2ccc(F)cc2)cc1.O=C(O)C(F)(F)F.